The second-order valence-electron chi connectivity index (χ2n) is 7.24. The molecular weight excluding hydrogens is 330 g/mol. The Morgan fingerprint density at radius 1 is 0.889 bits per heavy atom. The Morgan fingerprint density at radius 3 is 2.30 bits per heavy atom. The molecule has 0 N–H and O–H groups in total. The summed E-state index contributed by atoms with van der Waals surface area (Å²) in [6.07, 6.45) is 4.48. The second kappa shape index (κ2) is 7.36. The van der Waals surface area contributed by atoms with Gasteiger partial charge in [0.05, 0.1) is 6.61 Å². The van der Waals surface area contributed by atoms with Gasteiger partial charge in [0.25, 0.3) is 0 Å². The van der Waals surface area contributed by atoms with Gasteiger partial charge in [-0.2, -0.15) is 0 Å². The first-order chi connectivity index (χ1) is 13.3. The van der Waals surface area contributed by atoms with Crippen LogP contribution in [0.2, 0.25) is 0 Å². The number of hydrogen-bond acceptors (Lipinski definition) is 2. The van der Waals surface area contributed by atoms with Crippen molar-refractivity contribution in [1.82, 2.24) is 4.90 Å². The molecule has 0 radical (unpaired) electrons. The Kier molecular flexibility index (Phi) is 4.92. The Morgan fingerprint density at radius 2 is 1.59 bits per heavy atom. The third kappa shape index (κ3) is 2.66. The zero-order valence-electron chi connectivity index (χ0n) is 16.7. The highest BCUT2D eigenvalue weighted by atomic mass is 16.5. The van der Waals surface area contributed by atoms with Crippen molar-refractivity contribution >= 4 is 5.57 Å². The van der Waals surface area contributed by atoms with Crippen molar-refractivity contribution in [3.8, 4) is 0 Å². The molecular formula is C25H29NO. The largest absolute Gasteiger partial charge is 0.495 e. The van der Waals surface area contributed by atoms with E-state index in [4.69, 9.17) is 4.74 Å². The lowest BCUT2D eigenvalue weighted by Gasteiger charge is -2.47. The summed E-state index contributed by atoms with van der Waals surface area (Å²) in [5.74, 6) is 1.09. The molecule has 0 bridgehead atoms. The normalized spacial score (nSPS) is 21.1. The smallest absolute Gasteiger partial charge is 0.127 e. The summed E-state index contributed by atoms with van der Waals surface area (Å²) >= 11 is 0. The number of allylic oxidation sites excluding steroid dienone is 2. The van der Waals surface area contributed by atoms with Gasteiger partial charge in [-0.15, -0.1) is 0 Å². The molecule has 0 amide bonds. The van der Waals surface area contributed by atoms with Gasteiger partial charge in [-0.1, -0.05) is 68.4 Å². The van der Waals surface area contributed by atoms with Gasteiger partial charge in [-0.05, 0) is 66.8 Å². The molecule has 2 heteroatoms. The standard InChI is InChI=1S/C25H29NO/c1-4-26(5-2)25-22-15-11-10-14-20(22)16-17-23(25)21(18-24(25)27-6-3)19-12-8-7-9-13-19/h7-15,18H,4-6,16-17H2,1-3H3. The maximum atomic E-state index is 6.35. The fourth-order valence-electron chi connectivity index (χ4n) is 5.02. The molecule has 0 aliphatic heterocycles. The number of likely N-dealkylation sites (N-methyl/N-ethyl adjacent to an activating group) is 1. The molecule has 2 aromatic rings. The van der Waals surface area contributed by atoms with E-state index in [1.54, 1.807) is 0 Å². The predicted molar refractivity (Wildman–Crippen MR) is 112 cm³/mol. The number of rotatable bonds is 6. The van der Waals surface area contributed by atoms with Crippen molar-refractivity contribution in [3.63, 3.8) is 0 Å². The van der Waals surface area contributed by atoms with Crippen molar-refractivity contribution in [3.05, 3.63) is 88.7 Å². The molecule has 0 fully saturated rings. The molecule has 0 spiro atoms. The second-order valence-corrected chi connectivity index (χ2v) is 7.24. The molecule has 2 aliphatic rings. The summed E-state index contributed by atoms with van der Waals surface area (Å²) in [6, 6.07) is 19.7. The van der Waals surface area contributed by atoms with Crippen LogP contribution in [0.1, 0.15) is 43.9 Å². The summed E-state index contributed by atoms with van der Waals surface area (Å²) in [7, 11) is 0. The quantitative estimate of drug-likeness (QED) is 0.670. The lowest BCUT2D eigenvalue weighted by Crippen LogP contribution is -2.50. The third-order valence-corrected chi connectivity index (χ3v) is 6.07. The Hall–Kier alpha value is -2.32. The topological polar surface area (TPSA) is 12.5 Å². The van der Waals surface area contributed by atoms with E-state index in [-0.39, 0.29) is 5.54 Å². The minimum atomic E-state index is -0.264. The lowest BCUT2D eigenvalue weighted by atomic mass is 9.71. The summed E-state index contributed by atoms with van der Waals surface area (Å²) in [5, 5.41) is 0. The molecule has 0 heterocycles. The van der Waals surface area contributed by atoms with Crippen LogP contribution in [-0.2, 0) is 16.7 Å². The molecule has 0 saturated carbocycles. The van der Waals surface area contributed by atoms with E-state index < -0.39 is 0 Å². The van der Waals surface area contributed by atoms with Gasteiger partial charge in [0.15, 0.2) is 0 Å². The summed E-state index contributed by atoms with van der Waals surface area (Å²) in [4.78, 5) is 2.58. The SMILES string of the molecule is CCOC1=CC(c2ccccc2)=C2CCc3ccccc3C12N(CC)CC. The van der Waals surface area contributed by atoms with Crippen LogP contribution in [0.5, 0.6) is 0 Å². The van der Waals surface area contributed by atoms with E-state index in [2.05, 4.69) is 86.3 Å². The van der Waals surface area contributed by atoms with Crippen molar-refractivity contribution in [2.75, 3.05) is 19.7 Å². The van der Waals surface area contributed by atoms with E-state index in [9.17, 15) is 0 Å². The maximum absolute atomic E-state index is 6.35. The average molecular weight is 360 g/mol. The number of benzene rings is 2. The van der Waals surface area contributed by atoms with Crippen molar-refractivity contribution < 1.29 is 4.74 Å². The van der Waals surface area contributed by atoms with E-state index in [0.717, 1.165) is 31.7 Å². The molecule has 140 valence electrons. The molecule has 0 saturated heterocycles. The van der Waals surface area contributed by atoms with Crippen molar-refractivity contribution in [1.29, 1.82) is 0 Å². The summed E-state index contributed by atoms with van der Waals surface area (Å²) < 4.78 is 6.35. The molecule has 0 aromatic heterocycles. The Labute approximate surface area is 163 Å². The summed E-state index contributed by atoms with van der Waals surface area (Å²) in [5.41, 5.74) is 6.73. The fraction of sp³-hybridized carbons (Fsp3) is 0.360. The summed E-state index contributed by atoms with van der Waals surface area (Å²) in [6.45, 7) is 9.27. The van der Waals surface area contributed by atoms with Crippen LogP contribution in [0.3, 0.4) is 0 Å². The molecule has 27 heavy (non-hydrogen) atoms. The zero-order valence-corrected chi connectivity index (χ0v) is 16.7. The van der Waals surface area contributed by atoms with E-state index in [0.29, 0.717) is 6.61 Å². The lowest BCUT2D eigenvalue weighted by molar-refractivity contribution is 0.0795. The fourth-order valence-corrected chi connectivity index (χ4v) is 5.02. The predicted octanol–water partition coefficient (Wildman–Crippen LogP) is 5.56. The van der Waals surface area contributed by atoms with Crippen LogP contribution in [0, 0.1) is 0 Å². The van der Waals surface area contributed by atoms with Crippen LogP contribution < -0.4 is 0 Å². The first-order valence-electron chi connectivity index (χ1n) is 10.2. The van der Waals surface area contributed by atoms with E-state index >= 15 is 0 Å². The molecule has 1 unspecified atom stereocenters. The molecule has 4 rings (SSSR count). The number of nitrogens with zero attached hydrogens (tertiary/aromatic N) is 1. The molecule has 1 atom stereocenters. The highest BCUT2D eigenvalue weighted by molar-refractivity contribution is 5.85. The minimum Gasteiger partial charge on any atom is -0.495 e. The van der Waals surface area contributed by atoms with E-state index in [1.807, 2.05) is 0 Å². The van der Waals surface area contributed by atoms with Crippen LogP contribution >= 0.6 is 0 Å². The highest BCUT2D eigenvalue weighted by Gasteiger charge is 2.52. The number of fused-ring (bicyclic) bond motifs is 3. The Balaban J connectivity index is 2.03. The van der Waals surface area contributed by atoms with Crippen molar-refractivity contribution in [2.45, 2.75) is 39.2 Å². The van der Waals surface area contributed by atoms with Crippen LogP contribution in [-0.4, -0.2) is 24.6 Å². The number of ether oxygens (including phenoxy) is 1. The van der Waals surface area contributed by atoms with E-state index in [1.165, 1.54) is 27.8 Å². The van der Waals surface area contributed by atoms with Gasteiger partial charge >= 0.3 is 0 Å². The van der Waals surface area contributed by atoms with Gasteiger partial charge < -0.3 is 4.74 Å². The molecule has 2 nitrogen and oxygen atoms in total. The van der Waals surface area contributed by atoms with Gasteiger partial charge in [0.1, 0.15) is 11.3 Å². The minimum absolute atomic E-state index is 0.264. The molecule has 2 aliphatic carbocycles. The number of hydrogen-bond donors (Lipinski definition) is 0. The average Bonchev–Trinajstić information content (AvgIpc) is 3.05. The van der Waals surface area contributed by atoms with Crippen LogP contribution in [0.15, 0.2) is 72.0 Å². The Bertz CT molecular complexity index is 876. The van der Waals surface area contributed by atoms with Gasteiger partial charge in [-0.3, -0.25) is 4.90 Å². The first kappa shape index (κ1) is 18.1. The monoisotopic (exact) mass is 359 g/mol. The highest BCUT2D eigenvalue weighted by Crippen LogP contribution is 2.55. The van der Waals surface area contributed by atoms with Crippen molar-refractivity contribution in [2.24, 2.45) is 0 Å². The maximum Gasteiger partial charge on any atom is 0.127 e. The number of aryl methyl sites for hydroxylation is 1. The van der Waals surface area contributed by atoms with Crippen LogP contribution in [0.25, 0.3) is 5.57 Å². The molecule has 2 aromatic carbocycles. The first-order valence-corrected chi connectivity index (χ1v) is 10.2. The van der Waals surface area contributed by atoms with Gasteiger partial charge in [-0.25, -0.2) is 0 Å². The zero-order chi connectivity index (χ0) is 18.9. The van der Waals surface area contributed by atoms with Gasteiger partial charge in [0, 0.05) is 0 Å². The third-order valence-electron chi connectivity index (χ3n) is 6.07. The van der Waals surface area contributed by atoms with Gasteiger partial charge in [0.2, 0.25) is 0 Å². The van der Waals surface area contributed by atoms with Crippen LogP contribution in [0.4, 0.5) is 0 Å².